The Labute approximate surface area is 185 Å². The van der Waals surface area contributed by atoms with Crippen LogP contribution in [-0.4, -0.2) is 41.3 Å². The summed E-state index contributed by atoms with van der Waals surface area (Å²) in [6.45, 7) is 0. The molecule has 10 heteroatoms. The highest BCUT2D eigenvalue weighted by Crippen LogP contribution is 2.40. The molecule has 31 heavy (non-hydrogen) atoms. The fraction of sp³-hybridized carbons (Fsp3) is 0.143. The van der Waals surface area contributed by atoms with Crippen LogP contribution in [0.2, 0.25) is 0 Å². The van der Waals surface area contributed by atoms with Crippen molar-refractivity contribution in [3.8, 4) is 45.9 Å². The first kappa shape index (κ1) is 20.6. The van der Waals surface area contributed by atoms with Gasteiger partial charge < -0.3 is 18.7 Å². The van der Waals surface area contributed by atoms with Gasteiger partial charge in [-0.1, -0.05) is 27.2 Å². The van der Waals surface area contributed by atoms with E-state index in [-0.39, 0.29) is 22.8 Å². The normalized spacial score (nSPS) is 10.7. The second-order valence-electron chi connectivity index (χ2n) is 6.29. The Kier molecular flexibility index (Phi) is 5.72. The molecule has 4 aromatic rings. The fourth-order valence-electron chi connectivity index (χ4n) is 2.97. The fourth-order valence-corrected chi connectivity index (χ4v) is 3.35. The zero-order valence-electron chi connectivity index (χ0n) is 16.8. The molecule has 9 nitrogen and oxygen atoms in total. The van der Waals surface area contributed by atoms with Crippen molar-refractivity contribution in [1.29, 1.82) is 0 Å². The number of hydrogen-bond donors (Lipinski definition) is 0. The van der Waals surface area contributed by atoms with Crippen LogP contribution >= 0.6 is 15.9 Å². The van der Waals surface area contributed by atoms with E-state index in [1.807, 2.05) is 24.3 Å². The Bertz CT molecular complexity index is 1280. The third kappa shape index (κ3) is 4.02. The van der Waals surface area contributed by atoms with Crippen LogP contribution in [0, 0.1) is 0 Å². The number of methoxy groups -OCH3 is 3. The summed E-state index contributed by atoms with van der Waals surface area (Å²) in [6, 6.07) is 12.3. The molecule has 2 aromatic carbocycles. The zero-order valence-corrected chi connectivity index (χ0v) is 18.4. The SMILES string of the molecule is COc1cc(-c2noc(-c3nn(-c4cccc(Br)c4)ccc3=O)n2)cc(OC)c1OC. The Morgan fingerprint density at radius 3 is 2.39 bits per heavy atom. The molecule has 0 spiro atoms. The van der Waals surface area contributed by atoms with E-state index in [1.165, 1.54) is 27.4 Å². The van der Waals surface area contributed by atoms with Crippen LogP contribution in [0.5, 0.6) is 17.2 Å². The Balaban J connectivity index is 1.76. The van der Waals surface area contributed by atoms with Crippen LogP contribution in [0.4, 0.5) is 0 Å². The van der Waals surface area contributed by atoms with Crippen molar-refractivity contribution in [3.05, 3.63) is 63.4 Å². The molecule has 0 saturated carbocycles. The topological polar surface area (TPSA) is 102 Å². The molecule has 0 N–H and O–H groups in total. The Morgan fingerprint density at radius 1 is 1.00 bits per heavy atom. The number of halogens is 1. The summed E-state index contributed by atoms with van der Waals surface area (Å²) < 4.78 is 23.9. The first-order valence-electron chi connectivity index (χ1n) is 9.04. The van der Waals surface area contributed by atoms with E-state index < -0.39 is 0 Å². The van der Waals surface area contributed by atoms with Crippen LogP contribution in [0.15, 0.2) is 62.5 Å². The van der Waals surface area contributed by atoms with Gasteiger partial charge in [0.1, 0.15) is 0 Å². The van der Waals surface area contributed by atoms with Gasteiger partial charge in [-0.25, -0.2) is 4.68 Å². The number of hydrogen-bond acceptors (Lipinski definition) is 8. The van der Waals surface area contributed by atoms with Gasteiger partial charge in [0.15, 0.2) is 17.2 Å². The molecular formula is C21H17BrN4O5. The van der Waals surface area contributed by atoms with Crippen molar-refractivity contribution in [2.75, 3.05) is 21.3 Å². The lowest BCUT2D eigenvalue weighted by Gasteiger charge is -2.12. The van der Waals surface area contributed by atoms with E-state index in [9.17, 15) is 4.79 Å². The molecule has 2 aromatic heterocycles. The predicted octanol–water partition coefficient (Wildman–Crippen LogP) is 3.74. The predicted molar refractivity (Wildman–Crippen MR) is 116 cm³/mol. The summed E-state index contributed by atoms with van der Waals surface area (Å²) in [4.78, 5) is 16.8. The molecular weight excluding hydrogens is 468 g/mol. The largest absolute Gasteiger partial charge is 0.493 e. The first-order chi connectivity index (χ1) is 15.0. The van der Waals surface area contributed by atoms with Crippen LogP contribution in [0.3, 0.4) is 0 Å². The summed E-state index contributed by atoms with van der Waals surface area (Å²) >= 11 is 3.43. The standard InChI is InChI=1S/C21H17BrN4O5/c1-28-16-9-12(10-17(29-2)19(16)30-3)20-23-21(31-25-20)18-15(27)7-8-26(24-18)14-6-4-5-13(22)11-14/h4-11H,1-3H3. The van der Waals surface area contributed by atoms with Gasteiger partial charge in [0.2, 0.25) is 17.0 Å². The third-order valence-electron chi connectivity index (χ3n) is 4.43. The quantitative estimate of drug-likeness (QED) is 0.407. The summed E-state index contributed by atoms with van der Waals surface area (Å²) in [5.41, 5.74) is 1.02. The van der Waals surface area contributed by atoms with Crippen molar-refractivity contribution < 1.29 is 18.7 Å². The van der Waals surface area contributed by atoms with Gasteiger partial charge in [-0.3, -0.25) is 4.79 Å². The summed E-state index contributed by atoms with van der Waals surface area (Å²) in [6.07, 6.45) is 1.57. The molecule has 0 saturated heterocycles. The molecule has 0 atom stereocenters. The van der Waals surface area contributed by atoms with E-state index in [0.29, 0.717) is 22.8 Å². The maximum absolute atomic E-state index is 12.4. The minimum absolute atomic E-state index is 0.00176. The lowest BCUT2D eigenvalue weighted by molar-refractivity contribution is 0.324. The van der Waals surface area contributed by atoms with Crippen molar-refractivity contribution in [2.45, 2.75) is 0 Å². The smallest absolute Gasteiger partial charge is 0.282 e. The number of aromatic nitrogens is 4. The van der Waals surface area contributed by atoms with Gasteiger partial charge in [-0.15, -0.1) is 0 Å². The molecule has 0 amide bonds. The van der Waals surface area contributed by atoms with Gasteiger partial charge in [0.25, 0.3) is 5.89 Å². The van der Waals surface area contributed by atoms with Crippen molar-refractivity contribution >= 4 is 15.9 Å². The van der Waals surface area contributed by atoms with Crippen LogP contribution in [-0.2, 0) is 0 Å². The van der Waals surface area contributed by atoms with Crippen LogP contribution < -0.4 is 19.6 Å². The second-order valence-corrected chi connectivity index (χ2v) is 7.21. The maximum Gasteiger partial charge on any atom is 0.282 e. The minimum Gasteiger partial charge on any atom is -0.493 e. The van der Waals surface area contributed by atoms with Gasteiger partial charge >= 0.3 is 0 Å². The van der Waals surface area contributed by atoms with E-state index in [4.69, 9.17) is 18.7 Å². The molecule has 0 fully saturated rings. The maximum atomic E-state index is 12.4. The van der Waals surface area contributed by atoms with Crippen molar-refractivity contribution in [1.82, 2.24) is 19.9 Å². The second kappa shape index (κ2) is 8.60. The van der Waals surface area contributed by atoms with E-state index in [0.717, 1.165) is 10.2 Å². The summed E-state index contributed by atoms with van der Waals surface area (Å²) in [7, 11) is 4.55. The van der Waals surface area contributed by atoms with Crippen LogP contribution in [0.25, 0.3) is 28.7 Å². The number of ether oxygens (including phenoxy) is 3. The molecule has 0 aliphatic rings. The number of nitrogens with zero attached hydrogens (tertiary/aromatic N) is 4. The monoisotopic (exact) mass is 484 g/mol. The molecule has 2 heterocycles. The average molecular weight is 485 g/mol. The molecule has 4 rings (SSSR count). The lowest BCUT2D eigenvalue weighted by Crippen LogP contribution is -2.12. The summed E-state index contributed by atoms with van der Waals surface area (Å²) in [5, 5.41) is 8.37. The molecule has 158 valence electrons. The molecule has 0 unspecified atom stereocenters. The highest BCUT2D eigenvalue weighted by atomic mass is 79.9. The first-order valence-corrected chi connectivity index (χ1v) is 9.83. The number of benzene rings is 2. The summed E-state index contributed by atoms with van der Waals surface area (Å²) in [5.74, 6) is 1.57. The van der Waals surface area contributed by atoms with Crippen molar-refractivity contribution in [3.63, 3.8) is 0 Å². The highest BCUT2D eigenvalue weighted by Gasteiger charge is 2.20. The van der Waals surface area contributed by atoms with E-state index in [1.54, 1.807) is 23.0 Å². The van der Waals surface area contributed by atoms with Gasteiger partial charge in [0, 0.05) is 22.3 Å². The van der Waals surface area contributed by atoms with Gasteiger partial charge in [-0.05, 0) is 30.3 Å². The molecule has 0 aliphatic heterocycles. The highest BCUT2D eigenvalue weighted by molar-refractivity contribution is 9.10. The Morgan fingerprint density at radius 2 is 1.74 bits per heavy atom. The zero-order chi connectivity index (χ0) is 22.0. The molecule has 0 radical (unpaired) electrons. The van der Waals surface area contributed by atoms with Crippen LogP contribution in [0.1, 0.15) is 0 Å². The van der Waals surface area contributed by atoms with E-state index in [2.05, 4.69) is 31.2 Å². The molecule has 0 bridgehead atoms. The third-order valence-corrected chi connectivity index (χ3v) is 4.93. The lowest BCUT2D eigenvalue weighted by atomic mass is 10.1. The minimum atomic E-state index is -0.341. The van der Waals surface area contributed by atoms with Crippen molar-refractivity contribution in [2.24, 2.45) is 0 Å². The Hall–Kier alpha value is -3.66. The van der Waals surface area contributed by atoms with Gasteiger partial charge in [0.05, 0.1) is 27.0 Å². The number of rotatable bonds is 6. The van der Waals surface area contributed by atoms with Gasteiger partial charge in [-0.2, -0.15) is 10.1 Å². The average Bonchev–Trinajstić information content (AvgIpc) is 3.28. The van der Waals surface area contributed by atoms with E-state index >= 15 is 0 Å². The molecule has 0 aliphatic carbocycles.